The molecule has 10 heteroatoms. The molecule has 1 aromatic carbocycles. The van der Waals surface area contributed by atoms with Crippen LogP contribution >= 0.6 is 0 Å². The summed E-state index contributed by atoms with van der Waals surface area (Å²) in [4.78, 5) is 22.3. The summed E-state index contributed by atoms with van der Waals surface area (Å²) in [6, 6.07) is 8.03. The Labute approximate surface area is 180 Å². The van der Waals surface area contributed by atoms with Gasteiger partial charge in [-0.05, 0) is 50.1 Å². The largest absolute Gasteiger partial charge is 0.346 e. The van der Waals surface area contributed by atoms with Crippen molar-refractivity contribution in [1.82, 2.24) is 19.9 Å². The predicted molar refractivity (Wildman–Crippen MR) is 116 cm³/mol. The topological polar surface area (TPSA) is 132 Å². The van der Waals surface area contributed by atoms with E-state index in [1.54, 1.807) is 18.3 Å². The van der Waals surface area contributed by atoms with Crippen LogP contribution in [0.1, 0.15) is 50.8 Å². The average molecular weight is 441 g/mol. The summed E-state index contributed by atoms with van der Waals surface area (Å²) in [5, 5.41) is 12.3. The molecule has 4 N–H and O–H groups in total. The first kappa shape index (κ1) is 20.0. The second-order valence-electron chi connectivity index (χ2n) is 8.36. The fraction of sp³-hybridized carbons (Fsp3) is 0.381. The van der Waals surface area contributed by atoms with Crippen molar-refractivity contribution in [2.75, 3.05) is 5.32 Å². The summed E-state index contributed by atoms with van der Waals surface area (Å²) in [5.41, 5.74) is 1.80. The molecule has 2 aliphatic rings. The number of amides is 1. The van der Waals surface area contributed by atoms with Gasteiger partial charge in [-0.1, -0.05) is 19.3 Å². The molecule has 9 nitrogen and oxygen atoms in total. The van der Waals surface area contributed by atoms with Crippen molar-refractivity contribution >= 4 is 38.6 Å². The molecule has 1 saturated carbocycles. The molecule has 1 spiro atoms. The van der Waals surface area contributed by atoms with Gasteiger partial charge in [0.2, 0.25) is 21.9 Å². The lowest BCUT2D eigenvalue weighted by Crippen LogP contribution is -2.55. The molecule has 0 radical (unpaired) electrons. The maximum absolute atomic E-state index is 13.1. The first-order valence-corrected chi connectivity index (χ1v) is 11.9. The highest BCUT2D eigenvalue weighted by Gasteiger charge is 2.47. The fourth-order valence-electron chi connectivity index (χ4n) is 4.79. The van der Waals surface area contributed by atoms with E-state index in [0.717, 1.165) is 48.8 Å². The zero-order valence-electron chi connectivity index (χ0n) is 17.1. The molecule has 3 aromatic rings. The quantitative estimate of drug-likeness (QED) is 0.574. The third kappa shape index (κ3) is 3.26. The first-order chi connectivity index (χ1) is 14.8. The van der Waals surface area contributed by atoms with Gasteiger partial charge in [-0.2, -0.15) is 4.98 Å². The maximum atomic E-state index is 13.1. The second-order valence-corrected chi connectivity index (χ2v) is 9.92. The number of fused-ring (bicyclic) bond motifs is 4. The third-order valence-electron chi connectivity index (χ3n) is 6.33. The van der Waals surface area contributed by atoms with Gasteiger partial charge >= 0.3 is 0 Å². The number of carbonyl (C=O) groups is 1. The number of rotatable bonds is 3. The van der Waals surface area contributed by atoms with Crippen LogP contribution in [0.2, 0.25) is 0 Å². The van der Waals surface area contributed by atoms with Crippen LogP contribution < -0.4 is 15.8 Å². The number of nitrogens with one attached hydrogen (secondary N) is 2. The number of hydrogen-bond donors (Lipinski definition) is 3. The number of hydrogen-bond acceptors (Lipinski definition) is 6. The molecule has 1 aliphatic carbocycles. The van der Waals surface area contributed by atoms with Gasteiger partial charge < -0.3 is 15.2 Å². The molecule has 1 fully saturated rings. The Balaban J connectivity index is 1.57. The van der Waals surface area contributed by atoms with E-state index < -0.39 is 15.6 Å². The Morgan fingerprint density at radius 1 is 1.19 bits per heavy atom. The number of benzene rings is 1. The molecule has 1 aliphatic heterocycles. The standard InChI is InChI=1S/C21H24N6O3S/c1-13-17-11-14-12-23-20(25-15-5-7-16(8-6-15)31(22,29)30)26-18(14)27(17)21(19(28)24-13)9-3-2-4-10-21/h5-8,11-13H,2-4,9-10H2,1H3,(H,24,28)(H2,22,29,30)(H,23,25,26)/t13-/m1/s1. The van der Waals surface area contributed by atoms with E-state index in [1.165, 1.54) is 12.1 Å². The normalized spacial score (nSPS) is 20.5. The van der Waals surface area contributed by atoms with Gasteiger partial charge in [0.05, 0.1) is 10.9 Å². The van der Waals surface area contributed by atoms with Crippen LogP contribution in [-0.2, 0) is 20.4 Å². The number of carbonyl (C=O) groups excluding carboxylic acids is 1. The Morgan fingerprint density at radius 2 is 1.90 bits per heavy atom. The highest BCUT2D eigenvalue weighted by molar-refractivity contribution is 7.89. The Kier molecular flexibility index (Phi) is 4.52. The average Bonchev–Trinajstić information content (AvgIpc) is 3.13. The highest BCUT2D eigenvalue weighted by Crippen LogP contribution is 2.43. The van der Waals surface area contributed by atoms with Crippen molar-refractivity contribution in [2.45, 2.75) is 55.5 Å². The summed E-state index contributed by atoms with van der Waals surface area (Å²) >= 11 is 0. The molecule has 5 rings (SSSR count). The molecule has 31 heavy (non-hydrogen) atoms. The summed E-state index contributed by atoms with van der Waals surface area (Å²) < 4.78 is 25.0. The van der Waals surface area contributed by atoms with Crippen molar-refractivity contribution in [3.8, 4) is 0 Å². The van der Waals surface area contributed by atoms with E-state index in [4.69, 9.17) is 10.1 Å². The van der Waals surface area contributed by atoms with Gasteiger partial charge in [0.15, 0.2) is 0 Å². The lowest BCUT2D eigenvalue weighted by atomic mass is 9.79. The molecule has 162 valence electrons. The molecule has 1 amide bonds. The SMILES string of the molecule is C[C@H]1NC(=O)C2(CCCCC2)n2c1cc1cnc(Nc3ccc(S(N)(=O)=O)cc3)nc12. The molecule has 0 bridgehead atoms. The highest BCUT2D eigenvalue weighted by atomic mass is 32.2. The monoisotopic (exact) mass is 440 g/mol. The van der Waals surface area contributed by atoms with Crippen LogP contribution in [0.4, 0.5) is 11.6 Å². The first-order valence-electron chi connectivity index (χ1n) is 10.4. The van der Waals surface area contributed by atoms with Crippen LogP contribution in [0.15, 0.2) is 41.4 Å². The zero-order valence-corrected chi connectivity index (χ0v) is 17.9. The molecule has 0 unspecified atom stereocenters. The van der Waals surface area contributed by atoms with Gasteiger partial charge in [0.25, 0.3) is 0 Å². The molecule has 3 heterocycles. The lowest BCUT2D eigenvalue weighted by Gasteiger charge is -2.43. The molecular formula is C21H24N6O3S. The maximum Gasteiger partial charge on any atom is 0.246 e. The van der Waals surface area contributed by atoms with E-state index in [0.29, 0.717) is 11.6 Å². The van der Waals surface area contributed by atoms with Crippen molar-refractivity contribution in [2.24, 2.45) is 5.14 Å². The van der Waals surface area contributed by atoms with Crippen molar-refractivity contribution < 1.29 is 13.2 Å². The van der Waals surface area contributed by atoms with E-state index in [-0.39, 0.29) is 16.8 Å². The van der Waals surface area contributed by atoms with Crippen molar-refractivity contribution in [3.05, 3.63) is 42.2 Å². The molecule has 0 saturated heterocycles. The van der Waals surface area contributed by atoms with E-state index in [9.17, 15) is 13.2 Å². The van der Waals surface area contributed by atoms with Crippen LogP contribution in [0.25, 0.3) is 11.0 Å². The molecule has 1 atom stereocenters. The smallest absolute Gasteiger partial charge is 0.246 e. The number of primary sulfonamides is 1. The zero-order chi connectivity index (χ0) is 21.8. The number of nitrogens with two attached hydrogens (primary N) is 1. The van der Waals surface area contributed by atoms with Crippen LogP contribution in [0.5, 0.6) is 0 Å². The number of aromatic nitrogens is 3. The van der Waals surface area contributed by atoms with E-state index >= 15 is 0 Å². The Hall–Kier alpha value is -2.98. The van der Waals surface area contributed by atoms with Gasteiger partial charge in [-0.15, -0.1) is 0 Å². The van der Waals surface area contributed by atoms with Crippen LogP contribution in [-0.4, -0.2) is 28.9 Å². The minimum absolute atomic E-state index is 0.0364. The number of nitrogens with zero attached hydrogens (tertiary/aromatic N) is 3. The van der Waals surface area contributed by atoms with Crippen molar-refractivity contribution in [3.63, 3.8) is 0 Å². The number of sulfonamides is 1. The third-order valence-corrected chi connectivity index (χ3v) is 7.26. The Bertz CT molecular complexity index is 1280. The molecule has 2 aromatic heterocycles. The summed E-state index contributed by atoms with van der Waals surface area (Å²) in [6.07, 6.45) is 6.49. The Morgan fingerprint density at radius 3 is 2.58 bits per heavy atom. The summed E-state index contributed by atoms with van der Waals surface area (Å²) in [5.74, 6) is 0.442. The second kappa shape index (κ2) is 7.03. The molecular weight excluding hydrogens is 416 g/mol. The predicted octanol–water partition coefficient (Wildman–Crippen LogP) is 2.67. The minimum Gasteiger partial charge on any atom is -0.346 e. The van der Waals surface area contributed by atoms with Gasteiger partial charge in [-0.25, -0.2) is 18.5 Å². The van der Waals surface area contributed by atoms with E-state index in [2.05, 4.69) is 26.3 Å². The van der Waals surface area contributed by atoms with Crippen LogP contribution in [0.3, 0.4) is 0 Å². The van der Waals surface area contributed by atoms with Gasteiger partial charge in [-0.3, -0.25) is 4.79 Å². The lowest BCUT2D eigenvalue weighted by molar-refractivity contribution is -0.134. The minimum atomic E-state index is -3.75. The van der Waals surface area contributed by atoms with E-state index in [1.807, 2.05) is 6.92 Å². The summed E-state index contributed by atoms with van der Waals surface area (Å²) in [7, 11) is -3.75. The van der Waals surface area contributed by atoms with Gasteiger partial charge in [0.1, 0.15) is 11.2 Å². The number of anilines is 2. The summed E-state index contributed by atoms with van der Waals surface area (Å²) in [6.45, 7) is 1.98. The van der Waals surface area contributed by atoms with Gasteiger partial charge in [0, 0.05) is 23.0 Å². The fourth-order valence-corrected chi connectivity index (χ4v) is 5.30. The van der Waals surface area contributed by atoms with Crippen LogP contribution in [0, 0.1) is 0 Å². The van der Waals surface area contributed by atoms with Crippen molar-refractivity contribution in [1.29, 1.82) is 0 Å².